The Morgan fingerprint density at radius 2 is 1.28 bits per heavy atom. The number of carbonyl (C=O) groups excluding carboxylic acids is 3. The first-order chi connectivity index (χ1) is 14.8. The summed E-state index contributed by atoms with van der Waals surface area (Å²) < 4.78 is 0. The monoisotopic (exact) mass is 462 g/mol. The Balaban J connectivity index is 5.49. The third kappa shape index (κ3) is 11.2. The summed E-state index contributed by atoms with van der Waals surface area (Å²) in [5, 5.41) is 42.1. The molecule has 14 heteroatoms. The van der Waals surface area contributed by atoms with E-state index in [1.54, 1.807) is 13.8 Å². The molecule has 0 aliphatic carbocycles. The molecule has 182 valence electrons. The van der Waals surface area contributed by atoms with Gasteiger partial charge in [0.2, 0.25) is 17.7 Å². The second kappa shape index (κ2) is 13.9. The zero-order valence-corrected chi connectivity index (χ0v) is 17.7. The molecule has 3 amide bonds. The van der Waals surface area contributed by atoms with Crippen molar-refractivity contribution < 1.29 is 49.2 Å². The van der Waals surface area contributed by atoms with Crippen LogP contribution >= 0.6 is 0 Å². The number of carboxylic acids is 3. The van der Waals surface area contributed by atoms with Crippen LogP contribution in [-0.2, 0) is 28.8 Å². The van der Waals surface area contributed by atoms with Crippen LogP contribution in [0.4, 0.5) is 0 Å². The van der Waals surface area contributed by atoms with Gasteiger partial charge in [-0.25, -0.2) is 4.79 Å². The van der Waals surface area contributed by atoms with E-state index < -0.39 is 85.7 Å². The molecule has 0 aliphatic heterocycles. The molecule has 14 nitrogen and oxygen atoms in total. The summed E-state index contributed by atoms with van der Waals surface area (Å²) in [6, 6.07) is -5.95. The molecule has 0 aromatic heterocycles. The Kier molecular flexibility index (Phi) is 12.5. The normalized spacial score (nSPS) is 14.5. The van der Waals surface area contributed by atoms with Gasteiger partial charge in [0.15, 0.2) is 0 Å². The second-order valence-electron chi connectivity index (χ2n) is 7.47. The molecule has 0 bridgehead atoms. The molecule has 4 unspecified atom stereocenters. The van der Waals surface area contributed by atoms with Crippen molar-refractivity contribution in [2.75, 3.05) is 6.61 Å². The molecule has 0 aromatic carbocycles. The number of carboxylic acid groups (broad SMARTS) is 3. The van der Waals surface area contributed by atoms with Gasteiger partial charge >= 0.3 is 17.9 Å². The fourth-order valence-electron chi connectivity index (χ4n) is 2.54. The average molecular weight is 462 g/mol. The van der Waals surface area contributed by atoms with Gasteiger partial charge in [-0.1, -0.05) is 13.8 Å². The van der Waals surface area contributed by atoms with Gasteiger partial charge in [-0.3, -0.25) is 24.0 Å². The van der Waals surface area contributed by atoms with E-state index in [0.717, 1.165) is 0 Å². The van der Waals surface area contributed by atoms with E-state index in [4.69, 9.17) is 26.2 Å². The summed E-state index contributed by atoms with van der Waals surface area (Å²) in [7, 11) is 0. The lowest BCUT2D eigenvalue weighted by molar-refractivity contribution is -0.144. The molecule has 4 atom stereocenters. The number of hydrogen-bond acceptors (Lipinski definition) is 8. The first kappa shape index (κ1) is 28.7. The summed E-state index contributed by atoms with van der Waals surface area (Å²) in [5.74, 6) is -7.31. The first-order valence-corrected chi connectivity index (χ1v) is 9.72. The number of rotatable bonds is 15. The first-order valence-electron chi connectivity index (χ1n) is 9.72. The highest BCUT2D eigenvalue weighted by molar-refractivity contribution is 5.95. The lowest BCUT2D eigenvalue weighted by Gasteiger charge is -2.24. The molecule has 0 spiro atoms. The molecule has 0 saturated heterocycles. The number of nitrogens with two attached hydrogens (primary N) is 1. The Morgan fingerprint density at radius 3 is 1.72 bits per heavy atom. The third-order valence-corrected chi connectivity index (χ3v) is 4.15. The van der Waals surface area contributed by atoms with Crippen molar-refractivity contribution in [1.29, 1.82) is 0 Å². The number of aliphatic hydroxyl groups is 1. The van der Waals surface area contributed by atoms with E-state index in [0.29, 0.717) is 0 Å². The van der Waals surface area contributed by atoms with Crippen LogP contribution in [0.25, 0.3) is 0 Å². The van der Waals surface area contributed by atoms with E-state index in [1.807, 2.05) is 5.32 Å². The Hall–Kier alpha value is -3.26. The summed E-state index contributed by atoms with van der Waals surface area (Å²) in [6.07, 6.45) is -1.65. The highest BCUT2D eigenvalue weighted by Gasteiger charge is 2.31. The van der Waals surface area contributed by atoms with Crippen molar-refractivity contribution in [2.24, 2.45) is 11.7 Å². The Labute approximate surface area is 183 Å². The predicted octanol–water partition coefficient (Wildman–Crippen LogP) is -2.77. The second-order valence-corrected chi connectivity index (χ2v) is 7.47. The van der Waals surface area contributed by atoms with Gasteiger partial charge < -0.3 is 42.1 Å². The minimum absolute atomic E-state index is 0.0419. The molecule has 0 saturated carbocycles. The van der Waals surface area contributed by atoms with E-state index in [9.17, 15) is 28.8 Å². The molecule has 9 N–H and O–H groups in total. The highest BCUT2D eigenvalue weighted by atomic mass is 16.4. The van der Waals surface area contributed by atoms with Crippen LogP contribution in [0.15, 0.2) is 0 Å². The van der Waals surface area contributed by atoms with E-state index >= 15 is 0 Å². The maximum Gasteiger partial charge on any atom is 0.328 e. The molecule has 0 fully saturated rings. The predicted molar refractivity (Wildman–Crippen MR) is 107 cm³/mol. The Bertz CT molecular complexity index is 712. The molecule has 0 rings (SSSR count). The maximum atomic E-state index is 12.6. The van der Waals surface area contributed by atoms with Crippen molar-refractivity contribution in [3.05, 3.63) is 0 Å². The van der Waals surface area contributed by atoms with E-state index in [-0.39, 0.29) is 12.3 Å². The molecular formula is C18H30N4O10. The maximum absolute atomic E-state index is 12.6. The van der Waals surface area contributed by atoms with Gasteiger partial charge in [0.05, 0.1) is 19.1 Å². The SMILES string of the molecule is CC(C)CC(N)C(=O)NC(CC(=O)O)C(=O)NC(CCC(=O)O)C(=O)NC(CO)C(=O)O. The summed E-state index contributed by atoms with van der Waals surface area (Å²) in [4.78, 5) is 70.1. The van der Waals surface area contributed by atoms with Crippen LogP contribution in [0.3, 0.4) is 0 Å². The average Bonchev–Trinajstić information content (AvgIpc) is 2.66. The fraction of sp³-hybridized carbons (Fsp3) is 0.667. The largest absolute Gasteiger partial charge is 0.481 e. The molecule has 32 heavy (non-hydrogen) atoms. The number of nitrogens with one attached hydrogen (secondary N) is 3. The molecule has 0 aliphatic rings. The minimum atomic E-state index is -1.71. The van der Waals surface area contributed by atoms with Gasteiger partial charge in [-0.15, -0.1) is 0 Å². The van der Waals surface area contributed by atoms with Gasteiger partial charge in [0.1, 0.15) is 18.1 Å². The zero-order chi connectivity index (χ0) is 25.0. The molecular weight excluding hydrogens is 432 g/mol. The zero-order valence-electron chi connectivity index (χ0n) is 17.7. The van der Waals surface area contributed by atoms with E-state index in [1.165, 1.54) is 0 Å². The van der Waals surface area contributed by atoms with Crippen molar-refractivity contribution in [3.63, 3.8) is 0 Å². The van der Waals surface area contributed by atoms with Gasteiger partial charge in [-0.2, -0.15) is 0 Å². The molecule has 0 heterocycles. The summed E-state index contributed by atoms with van der Waals surface area (Å²) in [5.41, 5.74) is 5.73. The van der Waals surface area contributed by atoms with Crippen LogP contribution in [0.5, 0.6) is 0 Å². The highest BCUT2D eigenvalue weighted by Crippen LogP contribution is 2.05. The lowest BCUT2D eigenvalue weighted by Crippen LogP contribution is -2.58. The van der Waals surface area contributed by atoms with Gasteiger partial charge in [0, 0.05) is 6.42 Å². The quantitative estimate of drug-likeness (QED) is 0.124. The van der Waals surface area contributed by atoms with Crippen LogP contribution in [0, 0.1) is 5.92 Å². The van der Waals surface area contributed by atoms with Gasteiger partial charge in [0.25, 0.3) is 0 Å². The number of amides is 3. The number of carbonyl (C=O) groups is 6. The Morgan fingerprint density at radius 1 is 0.781 bits per heavy atom. The van der Waals surface area contributed by atoms with Crippen LogP contribution in [0.2, 0.25) is 0 Å². The van der Waals surface area contributed by atoms with Crippen LogP contribution < -0.4 is 21.7 Å². The smallest absolute Gasteiger partial charge is 0.328 e. The van der Waals surface area contributed by atoms with Crippen molar-refractivity contribution in [3.8, 4) is 0 Å². The molecule has 0 radical (unpaired) electrons. The fourth-order valence-corrected chi connectivity index (χ4v) is 2.54. The van der Waals surface area contributed by atoms with E-state index in [2.05, 4.69) is 10.6 Å². The minimum Gasteiger partial charge on any atom is -0.481 e. The summed E-state index contributed by atoms with van der Waals surface area (Å²) >= 11 is 0. The number of aliphatic hydroxyl groups excluding tert-OH is 1. The lowest BCUT2D eigenvalue weighted by atomic mass is 10.0. The summed E-state index contributed by atoms with van der Waals surface area (Å²) in [6.45, 7) is 2.64. The van der Waals surface area contributed by atoms with Crippen LogP contribution in [-0.4, -0.2) is 86.8 Å². The topological polar surface area (TPSA) is 245 Å². The van der Waals surface area contributed by atoms with Crippen molar-refractivity contribution in [2.45, 2.75) is 63.7 Å². The standard InChI is InChI=1S/C18H30N4O10/c1-8(2)5-9(19)15(28)21-11(6-14(26)27)17(30)20-10(3-4-13(24)25)16(29)22-12(7-23)18(31)32/h8-12,23H,3-7,19H2,1-2H3,(H,20,30)(H,21,28)(H,22,29)(H,24,25)(H,26,27)(H,31,32). The third-order valence-electron chi connectivity index (χ3n) is 4.15. The number of hydrogen-bond donors (Lipinski definition) is 8. The molecule has 0 aromatic rings. The van der Waals surface area contributed by atoms with Gasteiger partial charge in [-0.05, 0) is 18.8 Å². The van der Waals surface area contributed by atoms with Crippen molar-refractivity contribution >= 4 is 35.6 Å². The number of aliphatic carboxylic acids is 3. The van der Waals surface area contributed by atoms with Crippen molar-refractivity contribution in [1.82, 2.24) is 16.0 Å². The van der Waals surface area contributed by atoms with Crippen LogP contribution in [0.1, 0.15) is 39.5 Å².